The molecule has 9 rings (SSSR count). The monoisotopic (exact) mass is 563 g/mol. The van der Waals surface area contributed by atoms with Crippen molar-refractivity contribution < 1.29 is 0 Å². The van der Waals surface area contributed by atoms with Crippen LogP contribution in [-0.4, -0.2) is 14.5 Å². The van der Waals surface area contributed by atoms with Crippen LogP contribution < -0.4 is 0 Å². The summed E-state index contributed by atoms with van der Waals surface area (Å²) in [4.78, 5) is 10.3. The summed E-state index contributed by atoms with van der Waals surface area (Å²) >= 11 is 0. The topological polar surface area (TPSA) is 30.7 Å². The summed E-state index contributed by atoms with van der Waals surface area (Å²) in [5.41, 5.74) is 10.6. The lowest BCUT2D eigenvalue weighted by Gasteiger charge is -2.21. The first kappa shape index (κ1) is 25.0. The van der Waals surface area contributed by atoms with Crippen molar-refractivity contribution >= 4 is 32.6 Å². The van der Waals surface area contributed by atoms with Crippen molar-refractivity contribution in [1.29, 1.82) is 0 Å². The van der Waals surface area contributed by atoms with Crippen LogP contribution in [-0.2, 0) is 5.41 Å². The summed E-state index contributed by atoms with van der Waals surface area (Å²) < 4.78 is 2.33. The molecule has 2 aromatic heterocycles. The Morgan fingerprint density at radius 3 is 2.05 bits per heavy atom. The molecule has 44 heavy (non-hydrogen) atoms. The Morgan fingerprint density at radius 1 is 0.523 bits per heavy atom. The second-order valence-electron chi connectivity index (χ2n) is 12.3. The summed E-state index contributed by atoms with van der Waals surface area (Å²) in [6.07, 6.45) is 0. The normalized spacial score (nSPS) is 13.4. The fourth-order valence-corrected chi connectivity index (χ4v) is 7.26. The molecule has 1 aliphatic carbocycles. The molecule has 0 bridgehead atoms. The molecule has 0 atom stereocenters. The van der Waals surface area contributed by atoms with Gasteiger partial charge in [0.05, 0.1) is 16.7 Å². The Bertz CT molecular complexity index is 2340. The number of hydrogen-bond donors (Lipinski definition) is 0. The lowest BCUT2D eigenvalue weighted by Crippen LogP contribution is -2.14. The molecule has 0 radical (unpaired) electrons. The van der Waals surface area contributed by atoms with E-state index < -0.39 is 0 Å². The Labute approximate surface area is 256 Å². The highest BCUT2D eigenvalue weighted by atomic mass is 15.1. The van der Waals surface area contributed by atoms with E-state index in [0.29, 0.717) is 5.82 Å². The molecular weight excluding hydrogens is 534 g/mol. The highest BCUT2D eigenvalue weighted by Crippen LogP contribution is 2.52. The minimum atomic E-state index is -0.0520. The number of para-hydroxylation sites is 1. The van der Waals surface area contributed by atoms with Crippen LogP contribution in [0.2, 0.25) is 0 Å². The molecule has 8 aromatic rings. The van der Waals surface area contributed by atoms with Crippen molar-refractivity contribution in [2.45, 2.75) is 19.3 Å². The molecule has 3 nitrogen and oxygen atoms in total. The Balaban J connectivity index is 1.39. The minimum Gasteiger partial charge on any atom is -0.294 e. The first-order chi connectivity index (χ1) is 21.6. The molecule has 0 unspecified atom stereocenters. The third-order valence-corrected chi connectivity index (χ3v) is 9.40. The van der Waals surface area contributed by atoms with Crippen molar-refractivity contribution in [3.63, 3.8) is 0 Å². The van der Waals surface area contributed by atoms with Crippen LogP contribution in [0.15, 0.2) is 140 Å². The Morgan fingerprint density at radius 2 is 1.23 bits per heavy atom. The molecule has 1 aliphatic rings. The van der Waals surface area contributed by atoms with Gasteiger partial charge in [0.25, 0.3) is 0 Å². The third-order valence-electron chi connectivity index (χ3n) is 9.40. The van der Waals surface area contributed by atoms with E-state index in [1.54, 1.807) is 0 Å². The lowest BCUT2D eigenvalue weighted by atomic mass is 9.82. The van der Waals surface area contributed by atoms with Gasteiger partial charge < -0.3 is 0 Å². The number of fused-ring (bicyclic) bond motifs is 8. The largest absolute Gasteiger partial charge is 0.294 e. The highest BCUT2D eigenvalue weighted by molar-refractivity contribution is 6.16. The minimum absolute atomic E-state index is 0.0520. The Hall–Kier alpha value is -5.54. The average Bonchev–Trinajstić information content (AvgIpc) is 3.52. The average molecular weight is 564 g/mol. The maximum atomic E-state index is 5.24. The first-order valence-corrected chi connectivity index (χ1v) is 15.2. The fraction of sp³-hybridized carbons (Fsp3) is 0.0732. The standard InChI is InChI=1S/C41H29N3/c1-41(2)33-19-11-9-18-30(33)39-31-24-37-32(23-28(31)21-22-34(39)41)29-17-10-12-20-36(29)44(37)38-25-35(26-13-5-3-6-14-26)42-40(43-38)27-15-7-4-8-16-27/h3-25H,1-2H3. The quantitative estimate of drug-likeness (QED) is 0.214. The number of benzene rings is 6. The van der Waals surface area contributed by atoms with Crippen molar-refractivity contribution in [2.75, 3.05) is 0 Å². The molecule has 0 N–H and O–H groups in total. The fourth-order valence-electron chi connectivity index (χ4n) is 7.26. The molecule has 2 heterocycles. The lowest BCUT2D eigenvalue weighted by molar-refractivity contribution is 0.661. The molecule has 0 fully saturated rings. The van der Waals surface area contributed by atoms with E-state index in [0.717, 1.165) is 33.7 Å². The van der Waals surface area contributed by atoms with Gasteiger partial charge in [0.15, 0.2) is 5.82 Å². The van der Waals surface area contributed by atoms with Crippen molar-refractivity contribution in [1.82, 2.24) is 14.5 Å². The van der Waals surface area contributed by atoms with Gasteiger partial charge in [0, 0.05) is 33.4 Å². The molecular formula is C41H29N3. The molecule has 0 amide bonds. The van der Waals surface area contributed by atoms with Crippen molar-refractivity contribution in [2.24, 2.45) is 0 Å². The SMILES string of the molecule is CC1(C)c2ccccc2-c2c1ccc1cc3c4ccccc4n(-c4cc(-c5ccccc5)nc(-c5ccccc5)n4)c3cc21. The van der Waals surface area contributed by atoms with E-state index in [4.69, 9.17) is 9.97 Å². The van der Waals surface area contributed by atoms with Gasteiger partial charge in [-0.2, -0.15) is 0 Å². The van der Waals surface area contributed by atoms with Crippen molar-refractivity contribution in [3.05, 3.63) is 151 Å². The summed E-state index contributed by atoms with van der Waals surface area (Å²) in [6, 6.07) is 49.8. The van der Waals surface area contributed by atoms with Crippen LogP contribution in [0.3, 0.4) is 0 Å². The summed E-state index contributed by atoms with van der Waals surface area (Å²) in [7, 11) is 0. The second-order valence-corrected chi connectivity index (χ2v) is 12.3. The van der Waals surface area contributed by atoms with Gasteiger partial charge in [-0.05, 0) is 51.2 Å². The Kier molecular flexibility index (Phi) is 5.24. The van der Waals surface area contributed by atoms with Crippen molar-refractivity contribution in [3.8, 4) is 39.6 Å². The van der Waals surface area contributed by atoms with Gasteiger partial charge in [-0.1, -0.05) is 129 Å². The van der Waals surface area contributed by atoms with E-state index in [2.05, 4.69) is 134 Å². The zero-order valence-corrected chi connectivity index (χ0v) is 24.6. The van der Waals surface area contributed by atoms with E-state index >= 15 is 0 Å². The van der Waals surface area contributed by atoms with Crippen LogP contribution in [0.25, 0.3) is 72.2 Å². The highest BCUT2D eigenvalue weighted by Gasteiger charge is 2.36. The number of hydrogen-bond acceptors (Lipinski definition) is 2. The van der Waals surface area contributed by atoms with E-state index in [-0.39, 0.29) is 5.41 Å². The van der Waals surface area contributed by atoms with Crippen LogP contribution in [0.1, 0.15) is 25.0 Å². The second kappa shape index (κ2) is 9.23. The molecule has 0 saturated heterocycles. The van der Waals surface area contributed by atoms with E-state index in [1.807, 2.05) is 24.3 Å². The maximum Gasteiger partial charge on any atom is 0.162 e. The van der Waals surface area contributed by atoms with Gasteiger partial charge in [0.2, 0.25) is 0 Å². The molecule has 0 aliphatic heterocycles. The first-order valence-electron chi connectivity index (χ1n) is 15.2. The molecule has 0 spiro atoms. The van der Waals surface area contributed by atoms with Crippen LogP contribution in [0, 0.1) is 0 Å². The maximum absolute atomic E-state index is 5.24. The zero-order valence-electron chi connectivity index (χ0n) is 24.6. The number of nitrogens with zero attached hydrogens (tertiary/aromatic N) is 3. The summed E-state index contributed by atoms with van der Waals surface area (Å²) in [6.45, 7) is 4.69. The smallest absolute Gasteiger partial charge is 0.162 e. The van der Waals surface area contributed by atoms with E-state index in [9.17, 15) is 0 Å². The van der Waals surface area contributed by atoms with Gasteiger partial charge in [-0.15, -0.1) is 0 Å². The number of rotatable bonds is 3. The molecule has 3 heteroatoms. The number of aromatic nitrogens is 3. The molecule has 0 saturated carbocycles. The van der Waals surface area contributed by atoms with Gasteiger partial charge in [-0.25, -0.2) is 9.97 Å². The van der Waals surface area contributed by atoms with Crippen LogP contribution >= 0.6 is 0 Å². The van der Waals surface area contributed by atoms with Gasteiger partial charge in [0.1, 0.15) is 5.82 Å². The predicted octanol–water partition coefficient (Wildman–Crippen LogP) is 10.4. The summed E-state index contributed by atoms with van der Waals surface area (Å²) in [5.74, 6) is 1.57. The zero-order chi connectivity index (χ0) is 29.4. The predicted molar refractivity (Wildman–Crippen MR) is 182 cm³/mol. The van der Waals surface area contributed by atoms with Gasteiger partial charge in [-0.3, -0.25) is 4.57 Å². The molecule has 208 valence electrons. The van der Waals surface area contributed by atoms with Crippen LogP contribution in [0.4, 0.5) is 0 Å². The van der Waals surface area contributed by atoms with Gasteiger partial charge >= 0.3 is 0 Å². The molecule has 6 aromatic carbocycles. The summed E-state index contributed by atoms with van der Waals surface area (Å²) in [5, 5.41) is 4.97. The van der Waals surface area contributed by atoms with E-state index in [1.165, 1.54) is 43.8 Å². The third kappa shape index (κ3) is 3.56. The van der Waals surface area contributed by atoms with Crippen LogP contribution in [0.5, 0.6) is 0 Å².